The number of halogens is 1. The summed E-state index contributed by atoms with van der Waals surface area (Å²) in [5.74, 6) is 1.54. The number of nitrogens with one attached hydrogen (secondary N) is 1. The van der Waals surface area contributed by atoms with E-state index in [-0.39, 0.29) is 18.4 Å². The van der Waals surface area contributed by atoms with Crippen molar-refractivity contribution in [3.63, 3.8) is 0 Å². The van der Waals surface area contributed by atoms with Gasteiger partial charge in [0.2, 0.25) is 0 Å². The van der Waals surface area contributed by atoms with Gasteiger partial charge in [0.25, 0.3) is 17.7 Å². The number of hydrogen-bond donors (Lipinski definition) is 1. The lowest BCUT2D eigenvalue weighted by molar-refractivity contribution is 0.0950. The fourth-order valence-corrected chi connectivity index (χ4v) is 2.52. The number of furan rings is 1. The standard InChI is InChI=1S/C17H14BrN3O4/c18-14-7-6-13(24-14)17-21-20-15(25-17)9-23-12-3-1-2-10(8-12)16(22)19-11-4-5-11/h1-3,6-8,11H,4-5,9H2,(H,19,22). The summed E-state index contributed by atoms with van der Waals surface area (Å²) in [6.07, 6.45) is 2.10. The van der Waals surface area contributed by atoms with Crippen LogP contribution in [0.5, 0.6) is 5.75 Å². The molecule has 25 heavy (non-hydrogen) atoms. The first-order valence-corrected chi connectivity index (χ1v) is 8.58. The number of aromatic nitrogens is 2. The maximum atomic E-state index is 12.1. The fraction of sp³-hybridized carbons (Fsp3) is 0.235. The van der Waals surface area contributed by atoms with Crippen molar-refractivity contribution in [1.82, 2.24) is 15.5 Å². The molecule has 0 spiro atoms. The highest BCUT2D eigenvalue weighted by Gasteiger charge is 2.23. The zero-order valence-electron chi connectivity index (χ0n) is 13.1. The second-order valence-electron chi connectivity index (χ2n) is 5.67. The number of carbonyl (C=O) groups is 1. The van der Waals surface area contributed by atoms with E-state index < -0.39 is 0 Å². The predicted molar refractivity (Wildman–Crippen MR) is 91.0 cm³/mol. The second-order valence-corrected chi connectivity index (χ2v) is 6.45. The molecule has 0 atom stereocenters. The summed E-state index contributed by atoms with van der Waals surface area (Å²) in [7, 11) is 0. The lowest BCUT2D eigenvalue weighted by atomic mass is 10.2. The Kier molecular flexibility index (Phi) is 4.27. The molecular weight excluding hydrogens is 390 g/mol. The number of benzene rings is 1. The highest BCUT2D eigenvalue weighted by atomic mass is 79.9. The quantitative estimate of drug-likeness (QED) is 0.676. The van der Waals surface area contributed by atoms with Crippen LogP contribution in [0.3, 0.4) is 0 Å². The van der Waals surface area contributed by atoms with E-state index in [1.54, 1.807) is 36.4 Å². The minimum absolute atomic E-state index is 0.0866. The summed E-state index contributed by atoms with van der Waals surface area (Å²) < 4.78 is 17.1. The molecule has 1 fully saturated rings. The van der Waals surface area contributed by atoms with Crippen molar-refractivity contribution in [3.8, 4) is 17.4 Å². The molecule has 1 aliphatic carbocycles. The Morgan fingerprint density at radius 2 is 2.12 bits per heavy atom. The highest BCUT2D eigenvalue weighted by Crippen LogP contribution is 2.24. The summed E-state index contributed by atoms with van der Waals surface area (Å²) in [5, 5.41) is 10.8. The lowest BCUT2D eigenvalue weighted by Crippen LogP contribution is -2.25. The number of nitrogens with zero attached hydrogens (tertiary/aromatic N) is 2. The van der Waals surface area contributed by atoms with E-state index in [2.05, 4.69) is 31.4 Å². The van der Waals surface area contributed by atoms with Gasteiger partial charge >= 0.3 is 0 Å². The summed E-state index contributed by atoms with van der Waals surface area (Å²) in [4.78, 5) is 12.1. The molecule has 0 unspecified atom stereocenters. The topological polar surface area (TPSA) is 90.4 Å². The summed E-state index contributed by atoms with van der Waals surface area (Å²) in [6.45, 7) is 0.0998. The van der Waals surface area contributed by atoms with Crippen molar-refractivity contribution in [2.24, 2.45) is 0 Å². The van der Waals surface area contributed by atoms with Crippen molar-refractivity contribution >= 4 is 21.8 Å². The molecule has 2 heterocycles. The maximum absolute atomic E-state index is 12.1. The van der Waals surface area contributed by atoms with Crippen LogP contribution in [0.25, 0.3) is 11.7 Å². The smallest absolute Gasteiger partial charge is 0.283 e. The third-order valence-electron chi connectivity index (χ3n) is 3.62. The molecule has 4 rings (SSSR count). The monoisotopic (exact) mass is 403 g/mol. The van der Waals surface area contributed by atoms with Crippen LogP contribution < -0.4 is 10.1 Å². The summed E-state index contributed by atoms with van der Waals surface area (Å²) in [6, 6.07) is 10.8. The van der Waals surface area contributed by atoms with Gasteiger partial charge in [0.1, 0.15) is 5.75 Å². The minimum Gasteiger partial charge on any atom is -0.484 e. The molecule has 128 valence electrons. The predicted octanol–water partition coefficient (Wildman–Crippen LogP) is 3.56. The average Bonchev–Trinajstić information content (AvgIpc) is 3.13. The zero-order chi connectivity index (χ0) is 17.2. The van der Waals surface area contributed by atoms with Crippen LogP contribution in [0.15, 0.2) is 49.9 Å². The van der Waals surface area contributed by atoms with E-state index in [9.17, 15) is 4.79 Å². The molecule has 1 amide bonds. The molecule has 2 aromatic heterocycles. The summed E-state index contributed by atoms with van der Waals surface area (Å²) >= 11 is 3.22. The molecule has 7 nitrogen and oxygen atoms in total. The number of ether oxygens (including phenoxy) is 1. The summed E-state index contributed by atoms with van der Waals surface area (Å²) in [5.41, 5.74) is 0.566. The number of carbonyl (C=O) groups excluding carboxylic acids is 1. The molecular formula is C17H14BrN3O4. The van der Waals surface area contributed by atoms with Gasteiger partial charge in [-0.1, -0.05) is 6.07 Å². The van der Waals surface area contributed by atoms with Crippen molar-refractivity contribution in [1.29, 1.82) is 0 Å². The second kappa shape index (κ2) is 6.72. The molecule has 8 heteroatoms. The molecule has 0 saturated heterocycles. The third kappa shape index (κ3) is 3.90. The van der Waals surface area contributed by atoms with Gasteiger partial charge in [-0.25, -0.2) is 0 Å². The molecule has 1 saturated carbocycles. The van der Waals surface area contributed by atoms with Crippen molar-refractivity contribution < 1.29 is 18.4 Å². The van der Waals surface area contributed by atoms with E-state index in [1.165, 1.54) is 0 Å². The van der Waals surface area contributed by atoms with Gasteiger partial charge in [-0.15, -0.1) is 10.2 Å². The van der Waals surface area contributed by atoms with E-state index in [1.807, 2.05) is 0 Å². The van der Waals surface area contributed by atoms with Crippen LogP contribution in [-0.2, 0) is 6.61 Å². The largest absolute Gasteiger partial charge is 0.484 e. The van der Waals surface area contributed by atoms with Crippen LogP contribution in [0, 0.1) is 0 Å². The van der Waals surface area contributed by atoms with Gasteiger partial charge in [0.15, 0.2) is 17.0 Å². The van der Waals surface area contributed by atoms with Gasteiger partial charge in [-0.3, -0.25) is 4.79 Å². The Hall–Kier alpha value is -2.61. The average molecular weight is 404 g/mol. The van der Waals surface area contributed by atoms with Crippen molar-refractivity contribution in [2.45, 2.75) is 25.5 Å². The van der Waals surface area contributed by atoms with Gasteiger partial charge in [-0.2, -0.15) is 0 Å². The molecule has 1 N–H and O–H groups in total. The Bertz CT molecular complexity index is 901. The maximum Gasteiger partial charge on any atom is 0.283 e. The molecule has 0 aliphatic heterocycles. The van der Waals surface area contributed by atoms with Crippen LogP contribution in [-0.4, -0.2) is 22.1 Å². The number of amides is 1. The van der Waals surface area contributed by atoms with Crippen LogP contribution in [0.1, 0.15) is 29.1 Å². The number of hydrogen-bond acceptors (Lipinski definition) is 6. The van der Waals surface area contributed by atoms with E-state index in [0.717, 1.165) is 12.8 Å². The third-order valence-corrected chi connectivity index (χ3v) is 4.05. The first-order chi connectivity index (χ1) is 12.2. The minimum atomic E-state index is -0.0866. The van der Waals surface area contributed by atoms with Gasteiger partial charge in [0, 0.05) is 11.6 Å². The van der Waals surface area contributed by atoms with Gasteiger partial charge < -0.3 is 18.9 Å². The van der Waals surface area contributed by atoms with E-state index in [4.69, 9.17) is 13.6 Å². The fourth-order valence-electron chi connectivity index (χ4n) is 2.21. The van der Waals surface area contributed by atoms with Crippen LogP contribution in [0.4, 0.5) is 0 Å². The van der Waals surface area contributed by atoms with E-state index >= 15 is 0 Å². The van der Waals surface area contributed by atoms with Crippen molar-refractivity contribution in [2.75, 3.05) is 0 Å². The van der Waals surface area contributed by atoms with E-state index in [0.29, 0.717) is 33.7 Å². The molecule has 3 aromatic rings. The zero-order valence-corrected chi connectivity index (χ0v) is 14.7. The Labute approximate surface area is 151 Å². The first-order valence-electron chi connectivity index (χ1n) is 7.79. The van der Waals surface area contributed by atoms with Gasteiger partial charge in [-0.05, 0) is 59.1 Å². The Morgan fingerprint density at radius 3 is 2.88 bits per heavy atom. The normalized spacial score (nSPS) is 13.6. The Morgan fingerprint density at radius 1 is 1.24 bits per heavy atom. The highest BCUT2D eigenvalue weighted by molar-refractivity contribution is 9.10. The first kappa shape index (κ1) is 15.9. The van der Waals surface area contributed by atoms with Gasteiger partial charge in [0.05, 0.1) is 0 Å². The number of rotatable bonds is 6. The Balaban J connectivity index is 1.39. The van der Waals surface area contributed by atoms with Crippen molar-refractivity contribution in [3.05, 3.63) is 52.5 Å². The molecule has 1 aliphatic rings. The van der Waals surface area contributed by atoms with Crippen LogP contribution >= 0.6 is 15.9 Å². The molecule has 1 aromatic carbocycles. The molecule has 0 bridgehead atoms. The lowest BCUT2D eigenvalue weighted by Gasteiger charge is -2.06. The SMILES string of the molecule is O=C(NC1CC1)c1cccc(OCc2nnc(-c3ccc(Br)o3)o2)c1. The van der Waals surface area contributed by atoms with Crippen LogP contribution in [0.2, 0.25) is 0 Å². The molecule has 0 radical (unpaired) electrons.